The van der Waals surface area contributed by atoms with Gasteiger partial charge in [0.15, 0.2) is 0 Å². The molecule has 0 atom stereocenters. The molecule has 21 heavy (non-hydrogen) atoms. The van der Waals surface area contributed by atoms with Crippen LogP contribution in [0.4, 0.5) is 4.39 Å². The van der Waals surface area contributed by atoms with E-state index in [1.54, 1.807) is 0 Å². The van der Waals surface area contributed by atoms with Crippen LogP contribution in [0.3, 0.4) is 0 Å². The Morgan fingerprint density at radius 1 is 1.19 bits per heavy atom. The predicted octanol–water partition coefficient (Wildman–Crippen LogP) is 3.84. The fraction of sp³-hybridized carbons (Fsp3) is 0.118. The summed E-state index contributed by atoms with van der Waals surface area (Å²) in [5.41, 5.74) is 2.75. The van der Waals surface area contributed by atoms with Crippen LogP contribution in [0.5, 0.6) is 0 Å². The molecule has 3 aromatic rings. The summed E-state index contributed by atoms with van der Waals surface area (Å²) in [6, 6.07) is 11.8. The lowest BCUT2D eigenvalue weighted by atomic mass is 10.1. The zero-order valence-corrected chi connectivity index (χ0v) is 11.5. The van der Waals surface area contributed by atoms with Crippen molar-refractivity contribution in [1.82, 2.24) is 4.57 Å². The number of aromatic carboxylic acids is 1. The topological polar surface area (TPSA) is 42.2 Å². The van der Waals surface area contributed by atoms with Gasteiger partial charge < -0.3 is 9.67 Å². The molecule has 3 rings (SSSR count). The molecule has 1 aromatic heterocycles. The Bertz CT molecular complexity index is 836. The minimum Gasteiger partial charge on any atom is -0.478 e. The van der Waals surface area contributed by atoms with Gasteiger partial charge in [0.1, 0.15) is 5.82 Å². The van der Waals surface area contributed by atoms with Gasteiger partial charge >= 0.3 is 5.97 Å². The molecule has 0 aliphatic heterocycles. The monoisotopic (exact) mass is 283 g/mol. The van der Waals surface area contributed by atoms with E-state index in [0.717, 1.165) is 16.5 Å². The van der Waals surface area contributed by atoms with Crippen LogP contribution in [0.25, 0.3) is 10.9 Å². The normalized spacial score (nSPS) is 11.0. The lowest BCUT2D eigenvalue weighted by Crippen LogP contribution is -2.07. The molecule has 0 unspecified atom stereocenters. The SMILES string of the molecule is Cc1ccc2c(ccn2Cc2cc(F)ccc2C(=O)O)c1. The van der Waals surface area contributed by atoms with Gasteiger partial charge in [0.25, 0.3) is 0 Å². The molecule has 0 amide bonds. The maximum absolute atomic E-state index is 13.4. The molecule has 3 nitrogen and oxygen atoms in total. The van der Waals surface area contributed by atoms with Crippen LogP contribution in [0.1, 0.15) is 21.5 Å². The van der Waals surface area contributed by atoms with Crippen molar-refractivity contribution in [3.8, 4) is 0 Å². The van der Waals surface area contributed by atoms with E-state index in [2.05, 4.69) is 6.07 Å². The number of carboxylic acid groups (broad SMARTS) is 1. The highest BCUT2D eigenvalue weighted by Crippen LogP contribution is 2.20. The lowest BCUT2D eigenvalue weighted by Gasteiger charge is -2.09. The van der Waals surface area contributed by atoms with E-state index < -0.39 is 11.8 Å². The number of hydrogen-bond acceptors (Lipinski definition) is 1. The molecule has 1 heterocycles. The average molecular weight is 283 g/mol. The maximum atomic E-state index is 13.4. The van der Waals surface area contributed by atoms with Crippen molar-refractivity contribution in [3.63, 3.8) is 0 Å². The number of aryl methyl sites for hydroxylation is 1. The molecular weight excluding hydrogens is 269 g/mol. The third-order valence-corrected chi connectivity index (χ3v) is 3.56. The van der Waals surface area contributed by atoms with Gasteiger partial charge in [-0.1, -0.05) is 11.6 Å². The van der Waals surface area contributed by atoms with Crippen molar-refractivity contribution in [2.45, 2.75) is 13.5 Å². The Kier molecular flexibility index (Phi) is 3.22. The number of benzene rings is 2. The van der Waals surface area contributed by atoms with E-state index in [4.69, 9.17) is 0 Å². The molecule has 0 saturated heterocycles. The number of rotatable bonds is 3. The first-order chi connectivity index (χ1) is 10.0. The first-order valence-corrected chi connectivity index (χ1v) is 6.62. The van der Waals surface area contributed by atoms with Gasteiger partial charge in [0.05, 0.1) is 5.56 Å². The van der Waals surface area contributed by atoms with Crippen LogP contribution >= 0.6 is 0 Å². The Morgan fingerprint density at radius 2 is 2.00 bits per heavy atom. The first kappa shape index (κ1) is 13.4. The fourth-order valence-electron chi connectivity index (χ4n) is 2.54. The molecule has 0 saturated carbocycles. The quantitative estimate of drug-likeness (QED) is 0.793. The third-order valence-electron chi connectivity index (χ3n) is 3.56. The number of carboxylic acids is 1. The molecule has 0 spiro atoms. The highest BCUT2D eigenvalue weighted by molar-refractivity contribution is 5.89. The lowest BCUT2D eigenvalue weighted by molar-refractivity contribution is 0.0695. The summed E-state index contributed by atoms with van der Waals surface area (Å²) in [5.74, 6) is -1.47. The number of halogens is 1. The summed E-state index contributed by atoms with van der Waals surface area (Å²) in [5, 5.41) is 10.3. The predicted molar refractivity (Wildman–Crippen MR) is 79.1 cm³/mol. The van der Waals surface area contributed by atoms with E-state index >= 15 is 0 Å². The summed E-state index contributed by atoms with van der Waals surface area (Å²) in [6.45, 7) is 2.35. The highest BCUT2D eigenvalue weighted by atomic mass is 19.1. The van der Waals surface area contributed by atoms with Crippen LogP contribution in [0, 0.1) is 12.7 Å². The minimum absolute atomic E-state index is 0.130. The highest BCUT2D eigenvalue weighted by Gasteiger charge is 2.12. The van der Waals surface area contributed by atoms with Gasteiger partial charge in [-0.3, -0.25) is 0 Å². The van der Waals surface area contributed by atoms with Gasteiger partial charge in [0, 0.05) is 18.3 Å². The van der Waals surface area contributed by atoms with Crippen molar-refractivity contribution < 1.29 is 14.3 Å². The summed E-state index contributed by atoms with van der Waals surface area (Å²) in [7, 11) is 0. The van der Waals surface area contributed by atoms with E-state index in [9.17, 15) is 14.3 Å². The van der Waals surface area contributed by atoms with Crippen LogP contribution < -0.4 is 0 Å². The molecule has 4 heteroatoms. The van der Waals surface area contributed by atoms with Gasteiger partial charge in [0.2, 0.25) is 0 Å². The average Bonchev–Trinajstić information content (AvgIpc) is 2.81. The second kappa shape index (κ2) is 5.05. The summed E-state index contributed by atoms with van der Waals surface area (Å²) < 4.78 is 15.3. The Labute approximate surface area is 121 Å². The smallest absolute Gasteiger partial charge is 0.336 e. The molecule has 0 radical (unpaired) electrons. The molecule has 0 bridgehead atoms. The number of fused-ring (bicyclic) bond motifs is 1. The van der Waals surface area contributed by atoms with Gasteiger partial charge in [-0.05, 0) is 54.3 Å². The molecular formula is C17H14FNO2. The van der Waals surface area contributed by atoms with Crippen molar-refractivity contribution in [2.24, 2.45) is 0 Å². The molecule has 106 valence electrons. The Hall–Kier alpha value is -2.62. The van der Waals surface area contributed by atoms with E-state index in [1.165, 1.54) is 18.2 Å². The van der Waals surface area contributed by atoms with Crippen molar-refractivity contribution in [1.29, 1.82) is 0 Å². The van der Waals surface area contributed by atoms with Gasteiger partial charge in [-0.2, -0.15) is 0 Å². The maximum Gasteiger partial charge on any atom is 0.336 e. The fourth-order valence-corrected chi connectivity index (χ4v) is 2.54. The molecule has 0 fully saturated rings. The van der Waals surface area contributed by atoms with Crippen LogP contribution in [-0.4, -0.2) is 15.6 Å². The van der Waals surface area contributed by atoms with Crippen molar-refractivity contribution in [3.05, 3.63) is 71.2 Å². The molecule has 2 aromatic carbocycles. The van der Waals surface area contributed by atoms with Crippen molar-refractivity contribution in [2.75, 3.05) is 0 Å². The Morgan fingerprint density at radius 3 is 2.76 bits per heavy atom. The zero-order chi connectivity index (χ0) is 15.0. The molecule has 0 aliphatic rings. The molecule has 0 aliphatic carbocycles. The number of aromatic nitrogens is 1. The van der Waals surface area contributed by atoms with E-state index in [1.807, 2.05) is 35.9 Å². The van der Waals surface area contributed by atoms with Crippen LogP contribution in [0.2, 0.25) is 0 Å². The largest absolute Gasteiger partial charge is 0.478 e. The van der Waals surface area contributed by atoms with E-state index in [-0.39, 0.29) is 5.56 Å². The summed E-state index contributed by atoms with van der Waals surface area (Å²) >= 11 is 0. The summed E-state index contributed by atoms with van der Waals surface area (Å²) in [4.78, 5) is 11.2. The third kappa shape index (κ3) is 2.52. The van der Waals surface area contributed by atoms with Gasteiger partial charge in [-0.15, -0.1) is 0 Å². The number of nitrogens with zero attached hydrogens (tertiary/aromatic N) is 1. The van der Waals surface area contributed by atoms with Crippen LogP contribution in [-0.2, 0) is 6.54 Å². The summed E-state index contributed by atoms with van der Waals surface area (Å²) in [6.07, 6.45) is 1.89. The minimum atomic E-state index is -1.04. The second-order valence-electron chi connectivity index (χ2n) is 5.11. The number of carbonyl (C=O) groups is 1. The Balaban J connectivity index is 2.06. The van der Waals surface area contributed by atoms with Gasteiger partial charge in [-0.25, -0.2) is 9.18 Å². The second-order valence-corrected chi connectivity index (χ2v) is 5.11. The zero-order valence-electron chi connectivity index (χ0n) is 11.5. The van der Waals surface area contributed by atoms with Crippen LogP contribution in [0.15, 0.2) is 48.7 Å². The first-order valence-electron chi connectivity index (χ1n) is 6.62. The van der Waals surface area contributed by atoms with E-state index in [0.29, 0.717) is 12.1 Å². The number of hydrogen-bond donors (Lipinski definition) is 1. The van der Waals surface area contributed by atoms with Crippen molar-refractivity contribution >= 4 is 16.9 Å². The standard InChI is InChI=1S/C17H14FNO2/c1-11-2-5-16-12(8-11)6-7-19(16)10-13-9-14(18)3-4-15(13)17(20)21/h2-9H,10H2,1H3,(H,20,21). The molecule has 1 N–H and O–H groups in total.